The van der Waals surface area contributed by atoms with Crippen LogP contribution in [-0.4, -0.2) is 24.7 Å². The lowest BCUT2D eigenvalue weighted by atomic mass is 10.2. The van der Waals surface area contributed by atoms with Crippen LogP contribution >= 0.6 is 0 Å². The van der Waals surface area contributed by atoms with Gasteiger partial charge in [0.15, 0.2) is 0 Å². The third-order valence-corrected chi connectivity index (χ3v) is 3.28. The molecule has 1 heterocycles. The minimum Gasteiger partial charge on any atom is -0.541 e. The molecule has 0 aliphatic rings. The van der Waals surface area contributed by atoms with E-state index < -0.39 is 9.04 Å². The maximum absolute atomic E-state index is 5.92. The van der Waals surface area contributed by atoms with Gasteiger partial charge in [-0.2, -0.15) is 0 Å². The van der Waals surface area contributed by atoms with E-state index in [9.17, 15) is 0 Å². The molecule has 0 atom stereocenters. The van der Waals surface area contributed by atoms with Gasteiger partial charge < -0.3 is 4.43 Å². The highest BCUT2D eigenvalue weighted by Gasteiger charge is 2.08. The van der Waals surface area contributed by atoms with Crippen molar-refractivity contribution < 1.29 is 5.85 Å². The van der Waals surface area contributed by atoms with Crippen LogP contribution in [0.2, 0.25) is 13.1 Å². The van der Waals surface area contributed by atoms with Gasteiger partial charge in [0, 0.05) is 12.4 Å². The van der Waals surface area contributed by atoms with Gasteiger partial charge in [0.1, 0.15) is 17.1 Å². The molecule has 2 rings (SSSR count). The topological polar surface area (TPSA) is 47.4 Å². The molecule has 1 radical (unpaired) electrons. The molecule has 0 bridgehead atoms. The highest BCUT2D eigenvalue weighted by atomic mass is 28.3. The van der Waals surface area contributed by atoms with Gasteiger partial charge in [0.25, 0.3) is 9.04 Å². The van der Waals surface area contributed by atoms with Crippen molar-refractivity contribution in [3.8, 4) is 5.75 Å². The quantitative estimate of drug-likeness (QED) is 0.636. The fourth-order valence-corrected chi connectivity index (χ4v) is 2.34. The van der Waals surface area contributed by atoms with Gasteiger partial charge >= 0.3 is 1.43 Å². The standard InChI is InChI=1S/C15H18N3OSi/c1-11-5-6-13(15(9-11)19-20(3)4)18-12(2)14-10-16-7-8-17-14/h5-10H,1-4H3/p+1. The highest BCUT2D eigenvalue weighted by Crippen LogP contribution is 2.29. The zero-order chi connectivity index (χ0) is 14.5. The lowest BCUT2D eigenvalue weighted by Crippen LogP contribution is -2.11. The second-order valence-corrected chi connectivity index (χ2v) is 6.79. The average Bonchev–Trinajstić information content (AvgIpc) is 2.42. The Hall–Kier alpha value is -2.01. The van der Waals surface area contributed by atoms with Crippen LogP contribution in [0, 0.1) is 6.92 Å². The number of hydrogen-bond acceptors (Lipinski definition) is 4. The number of benzene rings is 1. The predicted molar refractivity (Wildman–Crippen MR) is 84.3 cm³/mol. The van der Waals surface area contributed by atoms with Crippen molar-refractivity contribution in [2.24, 2.45) is 4.99 Å². The molecule has 2 aromatic rings. The summed E-state index contributed by atoms with van der Waals surface area (Å²) in [4.78, 5) is 12.9. The first kappa shape index (κ1) is 14.4. The van der Waals surface area contributed by atoms with E-state index in [1.165, 1.54) is 5.56 Å². The molecule has 4 nitrogen and oxygen atoms in total. The third-order valence-electron chi connectivity index (χ3n) is 2.65. The van der Waals surface area contributed by atoms with Gasteiger partial charge in [0.2, 0.25) is 0 Å². The summed E-state index contributed by atoms with van der Waals surface area (Å²) >= 11 is 0. The average molecular weight is 285 g/mol. The van der Waals surface area contributed by atoms with Crippen LogP contribution < -0.4 is 4.43 Å². The van der Waals surface area contributed by atoms with E-state index >= 15 is 0 Å². The molecule has 0 spiro atoms. The SMILES string of the molecule is CC(=Nc1ccc(C)cc1O[Si](C)C)c1cnccn1.[H+]. The first-order valence-electron chi connectivity index (χ1n) is 6.46. The summed E-state index contributed by atoms with van der Waals surface area (Å²) < 4.78 is 5.92. The van der Waals surface area contributed by atoms with Crippen LogP contribution in [0.4, 0.5) is 5.69 Å². The van der Waals surface area contributed by atoms with E-state index in [1.54, 1.807) is 18.6 Å². The Morgan fingerprint density at radius 3 is 2.75 bits per heavy atom. The fraction of sp³-hybridized carbons (Fsp3) is 0.267. The molecule has 5 heteroatoms. The van der Waals surface area contributed by atoms with Crippen molar-refractivity contribution in [2.45, 2.75) is 26.9 Å². The molecule has 0 saturated carbocycles. The molecule has 0 aliphatic heterocycles. The smallest absolute Gasteiger partial charge is 0.541 e. The molecule has 0 aliphatic carbocycles. The van der Waals surface area contributed by atoms with Crippen LogP contribution in [0.15, 0.2) is 41.8 Å². The van der Waals surface area contributed by atoms with E-state index in [4.69, 9.17) is 4.43 Å². The molecule has 103 valence electrons. The Balaban J connectivity index is 0.00000220. The summed E-state index contributed by atoms with van der Waals surface area (Å²) in [7, 11) is -0.822. The largest absolute Gasteiger partial charge is 1.00 e. The summed E-state index contributed by atoms with van der Waals surface area (Å²) in [6, 6.07) is 6.04. The van der Waals surface area contributed by atoms with Crippen LogP contribution in [0.3, 0.4) is 0 Å². The van der Waals surface area contributed by atoms with Gasteiger partial charge in [-0.05, 0) is 44.6 Å². The van der Waals surface area contributed by atoms with Gasteiger partial charge in [-0.1, -0.05) is 6.07 Å². The van der Waals surface area contributed by atoms with Crippen LogP contribution in [0.1, 0.15) is 19.6 Å². The molecule has 0 amide bonds. The van der Waals surface area contributed by atoms with Crippen molar-refractivity contribution in [1.82, 2.24) is 9.97 Å². The molecule has 1 aromatic carbocycles. The van der Waals surface area contributed by atoms with Crippen LogP contribution in [0.5, 0.6) is 5.75 Å². The second kappa shape index (κ2) is 6.43. The van der Waals surface area contributed by atoms with E-state index in [2.05, 4.69) is 28.1 Å². The van der Waals surface area contributed by atoms with Crippen molar-refractivity contribution >= 4 is 20.4 Å². The van der Waals surface area contributed by atoms with Crippen LogP contribution in [-0.2, 0) is 0 Å². The van der Waals surface area contributed by atoms with E-state index in [0.29, 0.717) is 0 Å². The number of aryl methyl sites for hydroxylation is 1. The first-order valence-corrected chi connectivity index (χ1v) is 8.87. The monoisotopic (exact) mass is 285 g/mol. The maximum Gasteiger partial charge on any atom is 1.00 e. The van der Waals surface area contributed by atoms with E-state index in [1.807, 2.05) is 32.0 Å². The summed E-state index contributed by atoms with van der Waals surface area (Å²) in [6.45, 7) is 8.19. The number of nitrogens with zero attached hydrogens (tertiary/aromatic N) is 3. The normalized spacial score (nSPS) is 11.8. The predicted octanol–water partition coefficient (Wildman–Crippen LogP) is 3.67. The summed E-state index contributed by atoms with van der Waals surface area (Å²) in [5, 5.41) is 0. The van der Waals surface area contributed by atoms with Crippen molar-refractivity contribution in [1.29, 1.82) is 0 Å². The Labute approximate surface area is 122 Å². The van der Waals surface area contributed by atoms with Crippen LogP contribution in [0.25, 0.3) is 0 Å². The minimum atomic E-state index is -0.822. The number of aromatic nitrogens is 2. The fourth-order valence-electron chi connectivity index (χ4n) is 1.74. The first-order chi connectivity index (χ1) is 9.56. The van der Waals surface area contributed by atoms with E-state index in [-0.39, 0.29) is 1.43 Å². The molecular weight excluding hydrogens is 266 g/mol. The summed E-state index contributed by atoms with van der Waals surface area (Å²) in [5.74, 6) is 0.840. The molecule has 0 N–H and O–H groups in total. The van der Waals surface area contributed by atoms with Gasteiger partial charge in [-0.15, -0.1) is 0 Å². The van der Waals surface area contributed by atoms with Crippen molar-refractivity contribution in [3.63, 3.8) is 0 Å². The Morgan fingerprint density at radius 1 is 1.30 bits per heavy atom. The Bertz CT molecular complexity index is 618. The molecule has 20 heavy (non-hydrogen) atoms. The second-order valence-electron chi connectivity index (χ2n) is 4.77. The molecule has 0 fully saturated rings. The van der Waals surface area contributed by atoms with Gasteiger partial charge in [-0.25, -0.2) is 4.99 Å². The molecule has 1 aromatic heterocycles. The zero-order valence-electron chi connectivity index (χ0n) is 13.2. The lowest BCUT2D eigenvalue weighted by molar-refractivity contribution is 0.581. The lowest BCUT2D eigenvalue weighted by Gasteiger charge is -2.12. The van der Waals surface area contributed by atoms with Crippen molar-refractivity contribution in [2.75, 3.05) is 0 Å². The Morgan fingerprint density at radius 2 is 2.10 bits per heavy atom. The van der Waals surface area contributed by atoms with Crippen molar-refractivity contribution in [3.05, 3.63) is 48.0 Å². The summed E-state index contributed by atoms with van der Waals surface area (Å²) in [6.07, 6.45) is 5.03. The number of rotatable bonds is 4. The van der Waals surface area contributed by atoms with Gasteiger partial charge in [-0.3, -0.25) is 9.97 Å². The Kier molecular flexibility index (Phi) is 4.63. The molecule has 0 unspecified atom stereocenters. The van der Waals surface area contributed by atoms with Gasteiger partial charge in [0.05, 0.1) is 11.9 Å². The number of aliphatic imine (C=N–C) groups is 1. The molecule has 0 saturated heterocycles. The minimum absolute atomic E-state index is 0. The summed E-state index contributed by atoms with van der Waals surface area (Å²) in [5.41, 5.74) is 3.61. The zero-order valence-corrected chi connectivity index (χ0v) is 13.2. The van der Waals surface area contributed by atoms with E-state index in [0.717, 1.165) is 22.8 Å². The highest BCUT2D eigenvalue weighted by molar-refractivity contribution is 6.49. The third kappa shape index (κ3) is 3.74. The molecular formula is C15H19N3OSi+. The number of hydrogen-bond donors (Lipinski definition) is 0. The maximum atomic E-state index is 5.92.